The van der Waals surface area contributed by atoms with Gasteiger partial charge in [0, 0.05) is 18.5 Å². The highest BCUT2D eigenvalue weighted by Crippen LogP contribution is 2.27. The summed E-state index contributed by atoms with van der Waals surface area (Å²) >= 11 is 0. The van der Waals surface area contributed by atoms with E-state index in [1.165, 1.54) is 12.3 Å². The van der Waals surface area contributed by atoms with Gasteiger partial charge in [0.25, 0.3) is 10.0 Å². The number of aromatic nitrogens is 2. The number of nitriles is 1. The molecular weight excluding hydrogens is 440 g/mol. The van der Waals surface area contributed by atoms with Crippen molar-refractivity contribution in [3.63, 3.8) is 0 Å². The Hall–Kier alpha value is -3.64. The minimum atomic E-state index is -3.95. The number of esters is 1. The number of rotatable bonds is 10. The summed E-state index contributed by atoms with van der Waals surface area (Å²) in [5, 5.41) is 8.77. The lowest BCUT2D eigenvalue weighted by atomic mass is 10.0. The van der Waals surface area contributed by atoms with Crippen LogP contribution in [0.3, 0.4) is 0 Å². The van der Waals surface area contributed by atoms with Gasteiger partial charge in [-0.25, -0.2) is 22.9 Å². The minimum Gasteiger partial charge on any atom is -0.461 e. The molecule has 2 aromatic carbocycles. The lowest BCUT2D eigenvalue weighted by Gasteiger charge is -2.13. The fourth-order valence-corrected chi connectivity index (χ4v) is 4.48. The van der Waals surface area contributed by atoms with E-state index in [0.717, 1.165) is 30.7 Å². The second-order valence-corrected chi connectivity index (χ2v) is 9.03. The second-order valence-electron chi connectivity index (χ2n) is 7.38. The molecule has 0 aliphatic rings. The van der Waals surface area contributed by atoms with E-state index in [-0.39, 0.29) is 11.5 Å². The van der Waals surface area contributed by atoms with Crippen molar-refractivity contribution in [3.8, 4) is 17.3 Å². The maximum atomic E-state index is 12.4. The van der Waals surface area contributed by atoms with Crippen molar-refractivity contribution >= 4 is 16.0 Å². The largest absolute Gasteiger partial charge is 0.461 e. The third kappa shape index (κ3) is 5.59. The van der Waals surface area contributed by atoms with E-state index in [4.69, 9.17) is 10.00 Å². The summed E-state index contributed by atoms with van der Waals surface area (Å²) in [4.78, 5) is 16.9. The second kappa shape index (κ2) is 10.8. The predicted molar refractivity (Wildman–Crippen MR) is 124 cm³/mol. The van der Waals surface area contributed by atoms with Crippen LogP contribution < -0.4 is 4.72 Å². The number of nitrogens with one attached hydrogen (secondary N) is 1. The number of hydrogen-bond acceptors (Lipinski definition) is 6. The van der Waals surface area contributed by atoms with Gasteiger partial charge in [0.1, 0.15) is 11.5 Å². The van der Waals surface area contributed by atoms with Gasteiger partial charge in [0.05, 0.1) is 17.7 Å². The third-order valence-electron chi connectivity index (χ3n) is 5.14. The third-order valence-corrected chi connectivity index (χ3v) is 6.43. The van der Waals surface area contributed by atoms with E-state index in [9.17, 15) is 13.2 Å². The first-order valence-electron chi connectivity index (χ1n) is 10.7. The van der Waals surface area contributed by atoms with Gasteiger partial charge in [-0.1, -0.05) is 55.8 Å². The fraction of sp³-hybridized carbons (Fsp3) is 0.292. The Morgan fingerprint density at radius 1 is 1.15 bits per heavy atom. The fourth-order valence-electron chi connectivity index (χ4n) is 3.52. The number of nitrogens with zero attached hydrogens (tertiary/aromatic N) is 3. The van der Waals surface area contributed by atoms with E-state index in [1.807, 2.05) is 33.6 Å². The Morgan fingerprint density at radius 2 is 1.88 bits per heavy atom. The minimum absolute atomic E-state index is 0.0281. The first-order valence-corrected chi connectivity index (χ1v) is 12.2. The first-order chi connectivity index (χ1) is 15.9. The van der Waals surface area contributed by atoms with Crippen LogP contribution in [-0.4, -0.2) is 30.5 Å². The summed E-state index contributed by atoms with van der Waals surface area (Å²) in [5.41, 5.74) is 2.52. The van der Waals surface area contributed by atoms with Crippen LogP contribution in [0.15, 0.2) is 59.6 Å². The van der Waals surface area contributed by atoms with Crippen LogP contribution in [0.25, 0.3) is 11.1 Å². The van der Waals surface area contributed by atoms with Crippen LogP contribution in [-0.2, 0) is 27.7 Å². The van der Waals surface area contributed by atoms with Crippen LogP contribution in [0.1, 0.15) is 48.6 Å². The predicted octanol–water partition coefficient (Wildman–Crippen LogP) is 3.88. The molecule has 0 atom stereocenters. The van der Waals surface area contributed by atoms with Crippen molar-refractivity contribution in [2.75, 3.05) is 6.61 Å². The zero-order chi connectivity index (χ0) is 23.8. The van der Waals surface area contributed by atoms with Gasteiger partial charge < -0.3 is 9.30 Å². The molecule has 0 aliphatic heterocycles. The molecule has 0 aliphatic carbocycles. The number of hydrogen-bond donors (Lipinski definition) is 1. The van der Waals surface area contributed by atoms with E-state index in [0.29, 0.717) is 23.4 Å². The number of aryl methyl sites for hydroxylation is 1. The van der Waals surface area contributed by atoms with Gasteiger partial charge >= 0.3 is 5.97 Å². The first kappa shape index (κ1) is 24.0. The number of benzene rings is 2. The summed E-state index contributed by atoms with van der Waals surface area (Å²) in [7, 11) is -3.95. The molecule has 172 valence electrons. The van der Waals surface area contributed by atoms with Crippen molar-refractivity contribution in [2.24, 2.45) is 0 Å². The Labute approximate surface area is 193 Å². The zero-order valence-corrected chi connectivity index (χ0v) is 19.4. The molecule has 0 saturated carbocycles. The summed E-state index contributed by atoms with van der Waals surface area (Å²) in [6.07, 6.45) is 5.76. The molecule has 0 bridgehead atoms. The molecule has 3 aromatic rings. The molecule has 1 heterocycles. The number of imidazole rings is 1. The Morgan fingerprint density at radius 3 is 2.55 bits per heavy atom. The van der Waals surface area contributed by atoms with Gasteiger partial charge in [-0.05, 0) is 30.5 Å². The van der Waals surface area contributed by atoms with Gasteiger partial charge in [0.15, 0.2) is 6.19 Å². The molecule has 0 fully saturated rings. The molecule has 1 aromatic heterocycles. The highest BCUT2D eigenvalue weighted by molar-refractivity contribution is 7.89. The highest BCUT2D eigenvalue weighted by atomic mass is 32.2. The van der Waals surface area contributed by atoms with Gasteiger partial charge in [-0.15, -0.1) is 0 Å². The molecule has 3 rings (SSSR count). The lowest BCUT2D eigenvalue weighted by molar-refractivity contribution is 0.0514. The topological polar surface area (TPSA) is 114 Å². The summed E-state index contributed by atoms with van der Waals surface area (Å²) in [5.74, 6) is 0.413. The quantitative estimate of drug-likeness (QED) is 0.276. The summed E-state index contributed by atoms with van der Waals surface area (Å²) < 4.78 is 33.7. The van der Waals surface area contributed by atoms with E-state index in [1.54, 1.807) is 31.3 Å². The maximum absolute atomic E-state index is 12.4. The van der Waals surface area contributed by atoms with Crippen LogP contribution in [0.4, 0.5) is 0 Å². The van der Waals surface area contributed by atoms with E-state index in [2.05, 4.69) is 11.9 Å². The smallest absolute Gasteiger partial charge is 0.356 e. The molecule has 1 N–H and O–H groups in total. The molecular formula is C24H26N4O4S. The van der Waals surface area contributed by atoms with E-state index >= 15 is 0 Å². The van der Waals surface area contributed by atoms with Crippen molar-refractivity contribution in [2.45, 2.75) is 44.6 Å². The SMILES string of the molecule is CCCCc1ncc(C(=O)OCC)n1Cc1ccc(-c2ccccc2S(=O)(=O)NC#N)cc1. The monoisotopic (exact) mass is 466 g/mol. The Bertz CT molecular complexity index is 1260. The Balaban J connectivity index is 1.92. The molecule has 9 heteroatoms. The van der Waals surface area contributed by atoms with Crippen LogP contribution in [0.5, 0.6) is 0 Å². The van der Waals surface area contributed by atoms with Crippen molar-refractivity contribution < 1.29 is 17.9 Å². The van der Waals surface area contributed by atoms with Gasteiger partial charge in [0.2, 0.25) is 0 Å². The standard InChI is InChI=1S/C24H26N4O4S/c1-3-5-10-23-26-15-21(24(29)32-4-2)28(23)16-18-11-13-19(14-12-18)20-8-6-7-9-22(20)33(30,31)27-17-25/h6-9,11-15,27H,3-5,10,16H2,1-2H3. The van der Waals surface area contributed by atoms with Gasteiger partial charge in [-0.3, -0.25) is 0 Å². The van der Waals surface area contributed by atoms with Crippen LogP contribution in [0, 0.1) is 11.5 Å². The van der Waals surface area contributed by atoms with Crippen molar-refractivity contribution in [1.29, 1.82) is 5.26 Å². The molecule has 0 radical (unpaired) electrons. The van der Waals surface area contributed by atoms with Crippen LogP contribution >= 0.6 is 0 Å². The normalized spacial score (nSPS) is 11.1. The van der Waals surface area contributed by atoms with Crippen LogP contribution in [0.2, 0.25) is 0 Å². The molecule has 0 saturated heterocycles. The number of sulfonamides is 1. The van der Waals surface area contributed by atoms with Gasteiger partial charge in [-0.2, -0.15) is 5.26 Å². The average Bonchev–Trinajstić information content (AvgIpc) is 3.20. The number of carbonyl (C=O) groups excluding carboxylic acids is 1. The summed E-state index contributed by atoms with van der Waals surface area (Å²) in [6.45, 7) is 4.58. The number of carbonyl (C=O) groups is 1. The van der Waals surface area contributed by atoms with Crippen molar-refractivity contribution in [1.82, 2.24) is 14.3 Å². The average molecular weight is 467 g/mol. The summed E-state index contributed by atoms with van der Waals surface area (Å²) in [6, 6.07) is 13.9. The maximum Gasteiger partial charge on any atom is 0.356 e. The molecule has 0 unspecified atom stereocenters. The molecule has 33 heavy (non-hydrogen) atoms. The van der Waals surface area contributed by atoms with E-state index < -0.39 is 16.0 Å². The van der Waals surface area contributed by atoms with Crippen molar-refractivity contribution in [3.05, 3.63) is 71.8 Å². The zero-order valence-electron chi connectivity index (χ0n) is 18.6. The highest BCUT2D eigenvalue weighted by Gasteiger charge is 2.20. The molecule has 0 spiro atoms. The Kier molecular flexibility index (Phi) is 7.85. The lowest BCUT2D eigenvalue weighted by Crippen LogP contribution is -2.18. The number of unbranched alkanes of at least 4 members (excludes halogenated alkanes) is 1. The number of ether oxygens (including phenoxy) is 1. The molecule has 0 amide bonds. The molecule has 8 nitrogen and oxygen atoms in total.